The Morgan fingerprint density at radius 2 is 2.12 bits per heavy atom. The van der Waals surface area contributed by atoms with Crippen LogP contribution in [0.1, 0.15) is 17.7 Å². The summed E-state index contributed by atoms with van der Waals surface area (Å²) < 4.78 is 0. The maximum absolute atomic E-state index is 4.48. The summed E-state index contributed by atoms with van der Waals surface area (Å²) in [6.07, 6.45) is 5.39. The lowest BCUT2D eigenvalue weighted by Gasteiger charge is -2.00. The van der Waals surface area contributed by atoms with Gasteiger partial charge in [0.1, 0.15) is 0 Å². The summed E-state index contributed by atoms with van der Waals surface area (Å²) in [5, 5.41) is 2.21. The molecule has 0 saturated heterocycles. The van der Waals surface area contributed by atoms with E-state index >= 15 is 0 Å². The quantitative estimate of drug-likeness (QED) is 0.760. The van der Waals surface area contributed by atoms with E-state index in [0.29, 0.717) is 0 Å². The normalized spacial score (nSPS) is 11.4. The van der Waals surface area contributed by atoms with Crippen LogP contribution in [-0.4, -0.2) is 10.3 Å². The second-order valence-electron chi connectivity index (χ2n) is 3.78. The zero-order valence-electron chi connectivity index (χ0n) is 9.28. The van der Waals surface area contributed by atoms with Crippen molar-refractivity contribution >= 4 is 32.9 Å². The summed E-state index contributed by atoms with van der Waals surface area (Å²) in [5.41, 5.74) is 3.37. The van der Waals surface area contributed by atoms with Crippen LogP contribution >= 0.6 is 15.9 Å². The Hall–Kier alpha value is -1.15. The molecule has 0 aliphatic rings. The van der Waals surface area contributed by atoms with Crippen LogP contribution in [0.3, 0.4) is 0 Å². The van der Waals surface area contributed by atoms with Crippen molar-refractivity contribution in [1.29, 1.82) is 0 Å². The monoisotopic (exact) mass is 275 g/mol. The molecule has 1 aromatic carbocycles. The summed E-state index contributed by atoms with van der Waals surface area (Å²) in [7, 11) is 0. The van der Waals surface area contributed by atoms with E-state index in [2.05, 4.69) is 57.3 Å². The van der Waals surface area contributed by atoms with Crippen LogP contribution in [0.4, 0.5) is 0 Å². The molecule has 2 rings (SSSR count). The smallest absolute Gasteiger partial charge is 0.0705 e. The highest BCUT2D eigenvalue weighted by Gasteiger charge is 1.95. The second kappa shape index (κ2) is 5.26. The van der Waals surface area contributed by atoms with Crippen molar-refractivity contribution in [2.24, 2.45) is 0 Å². The van der Waals surface area contributed by atoms with E-state index < -0.39 is 0 Å². The van der Waals surface area contributed by atoms with Gasteiger partial charge in [-0.15, -0.1) is 0 Å². The molecule has 0 atom stereocenters. The predicted octanol–water partition coefficient (Wildman–Crippen LogP) is 4.34. The van der Waals surface area contributed by atoms with Crippen molar-refractivity contribution < 1.29 is 0 Å². The number of halogens is 1. The fraction of sp³-hybridized carbons (Fsp3) is 0.214. The van der Waals surface area contributed by atoms with Crippen LogP contribution in [0.25, 0.3) is 17.0 Å². The molecule has 1 nitrogen and oxygen atoms in total. The number of aryl methyl sites for hydroxylation is 1. The zero-order valence-corrected chi connectivity index (χ0v) is 10.9. The van der Waals surface area contributed by atoms with Gasteiger partial charge < -0.3 is 0 Å². The Labute approximate surface area is 104 Å². The lowest BCUT2D eigenvalue weighted by atomic mass is 10.1. The van der Waals surface area contributed by atoms with Crippen molar-refractivity contribution in [2.45, 2.75) is 13.3 Å². The lowest BCUT2D eigenvalue weighted by molar-refractivity contribution is 1.25. The van der Waals surface area contributed by atoms with Gasteiger partial charge in [0.15, 0.2) is 0 Å². The van der Waals surface area contributed by atoms with Crippen molar-refractivity contribution in [1.82, 2.24) is 4.98 Å². The van der Waals surface area contributed by atoms with Gasteiger partial charge in [-0.3, -0.25) is 4.98 Å². The summed E-state index contributed by atoms with van der Waals surface area (Å²) in [4.78, 5) is 4.48. The molecule has 0 amide bonds. The maximum atomic E-state index is 4.48. The topological polar surface area (TPSA) is 12.9 Å². The Kier molecular flexibility index (Phi) is 3.73. The van der Waals surface area contributed by atoms with Gasteiger partial charge in [0.05, 0.1) is 5.52 Å². The molecule has 0 fully saturated rings. The van der Waals surface area contributed by atoms with E-state index in [9.17, 15) is 0 Å². The van der Waals surface area contributed by atoms with Crippen molar-refractivity contribution in [2.75, 3.05) is 5.33 Å². The maximum Gasteiger partial charge on any atom is 0.0705 e. The molecule has 0 unspecified atom stereocenters. The molecule has 82 valence electrons. The number of rotatable bonds is 3. The summed E-state index contributed by atoms with van der Waals surface area (Å²) in [6.45, 7) is 2.02. The van der Waals surface area contributed by atoms with E-state index in [-0.39, 0.29) is 0 Å². The number of fused-ring (bicyclic) bond motifs is 1. The number of aromatic nitrogens is 1. The van der Waals surface area contributed by atoms with Gasteiger partial charge in [0.2, 0.25) is 0 Å². The van der Waals surface area contributed by atoms with Crippen LogP contribution in [0, 0.1) is 6.92 Å². The second-order valence-corrected chi connectivity index (χ2v) is 4.58. The van der Waals surface area contributed by atoms with Crippen LogP contribution in [0.15, 0.2) is 36.4 Å². The molecule has 16 heavy (non-hydrogen) atoms. The van der Waals surface area contributed by atoms with Crippen molar-refractivity contribution in [3.05, 3.63) is 47.7 Å². The van der Waals surface area contributed by atoms with Gasteiger partial charge in [-0.2, -0.15) is 0 Å². The van der Waals surface area contributed by atoms with Gasteiger partial charge in [-0.25, -0.2) is 0 Å². The largest absolute Gasteiger partial charge is 0.253 e. The first kappa shape index (κ1) is 11.3. The van der Waals surface area contributed by atoms with Crippen LogP contribution in [0.5, 0.6) is 0 Å². The average Bonchev–Trinajstić information content (AvgIpc) is 2.29. The Balaban J connectivity index is 2.33. The zero-order chi connectivity index (χ0) is 11.4. The summed E-state index contributed by atoms with van der Waals surface area (Å²) in [6, 6.07) is 10.5. The standard InChI is InChI=1S/C14H14BrN/c1-11-5-7-13-10-12(4-2-3-9-15)6-8-14(13)16-11/h2,4-8,10H,3,9H2,1H3/b4-2+. The number of hydrogen-bond acceptors (Lipinski definition) is 1. The number of hydrogen-bond donors (Lipinski definition) is 0. The highest BCUT2D eigenvalue weighted by Crippen LogP contribution is 2.15. The SMILES string of the molecule is Cc1ccc2cc(/C=C/CCBr)ccc2n1. The Morgan fingerprint density at radius 1 is 1.25 bits per heavy atom. The number of pyridine rings is 1. The number of benzene rings is 1. The first-order chi connectivity index (χ1) is 7.79. The highest BCUT2D eigenvalue weighted by molar-refractivity contribution is 9.09. The van der Waals surface area contributed by atoms with E-state index in [4.69, 9.17) is 0 Å². The van der Waals surface area contributed by atoms with E-state index in [1.165, 1.54) is 10.9 Å². The molecule has 0 aliphatic heterocycles. The summed E-state index contributed by atoms with van der Waals surface area (Å²) in [5.74, 6) is 0. The molecular weight excluding hydrogens is 262 g/mol. The van der Waals surface area contributed by atoms with Crippen molar-refractivity contribution in [3.63, 3.8) is 0 Å². The van der Waals surface area contributed by atoms with Crippen LogP contribution in [0.2, 0.25) is 0 Å². The summed E-state index contributed by atoms with van der Waals surface area (Å²) >= 11 is 3.41. The van der Waals surface area contributed by atoms with Gasteiger partial charge in [-0.05, 0) is 37.1 Å². The van der Waals surface area contributed by atoms with Gasteiger partial charge in [-0.1, -0.05) is 40.2 Å². The van der Waals surface area contributed by atoms with Gasteiger partial charge in [0, 0.05) is 16.4 Å². The minimum absolute atomic E-state index is 1.01. The molecule has 2 aromatic rings. The minimum atomic E-state index is 1.01. The molecular formula is C14H14BrN. The molecule has 0 bridgehead atoms. The Bertz CT molecular complexity index is 517. The number of allylic oxidation sites excluding steroid dienone is 1. The molecule has 1 aromatic heterocycles. The van der Waals surface area contributed by atoms with Crippen molar-refractivity contribution in [3.8, 4) is 0 Å². The number of alkyl halides is 1. The molecule has 0 aliphatic carbocycles. The molecule has 0 spiro atoms. The molecule has 0 radical (unpaired) electrons. The van der Waals surface area contributed by atoms with Crippen LogP contribution in [-0.2, 0) is 0 Å². The average molecular weight is 276 g/mol. The molecule has 0 N–H and O–H groups in total. The third-order valence-electron chi connectivity index (χ3n) is 2.44. The molecule has 0 saturated carbocycles. The third-order valence-corrected chi connectivity index (χ3v) is 2.90. The fourth-order valence-corrected chi connectivity index (χ4v) is 1.90. The van der Waals surface area contributed by atoms with E-state index in [0.717, 1.165) is 23.0 Å². The third kappa shape index (κ3) is 2.70. The first-order valence-corrected chi connectivity index (χ1v) is 6.51. The van der Waals surface area contributed by atoms with Gasteiger partial charge in [0.25, 0.3) is 0 Å². The molecule has 2 heteroatoms. The number of nitrogens with zero attached hydrogens (tertiary/aromatic N) is 1. The van der Waals surface area contributed by atoms with Crippen LogP contribution < -0.4 is 0 Å². The lowest BCUT2D eigenvalue weighted by Crippen LogP contribution is -1.83. The first-order valence-electron chi connectivity index (χ1n) is 5.39. The van der Waals surface area contributed by atoms with E-state index in [1.807, 2.05) is 13.0 Å². The Morgan fingerprint density at radius 3 is 2.94 bits per heavy atom. The van der Waals surface area contributed by atoms with Gasteiger partial charge >= 0.3 is 0 Å². The molecule has 1 heterocycles. The predicted molar refractivity (Wildman–Crippen MR) is 73.9 cm³/mol. The highest BCUT2D eigenvalue weighted by atomic mass is 79.9. The van der Waals surface area contributed by atoms with E-state index in [1.54, 1.807) is 0 Å². The fourth-order valence-electron chi connectivity index (χ4n) is 1.63. The minimum Gasteiger partial charge on any atom is -0.253 e.